The Hall–Kier alpha value is -2.00. The maximum absolute atomic E-state index is 3.57. The van der Waals surface area contributed by atoms with Gasteiger partial charge in [-0.05, 0) is 73.3 Å². The minimum Gasteiger partial charge on any atom is -0.0945 e. The van der Waals surface area contributed by atoms with Crippen molar-refractivity contribution >= 4 is 0 Å². The van der Waals surface area contributed by atoms with Crippen molar-refractivity contribution < 1.29 is 0 Å². The standard InChI is InChI=1S/C30H40/c1-3-5-7-9-25-11-13-27(14-12-25)15-16-28-19-23-30(24-20-28)29-21-17-26(18-22-29)10-8-6-4-2/h17-25,27H,3-14H2,1-2H3/t25-,27-. The summed E-state index contributed by atoms with van der Waals surface area (Å²) in [6.45, 7) is 4.56. The number of benzene rings is 2. The van der Waals surface area contributed by atoms with Crippen molar-refractivity contribution in [2.75, 3.05) is 0 Å². The fraction of sp³-hybridized carbons (Fsp3) is 0.533. The highest BCUT2D eigenvalue weighted by molar-refractivity contribution is 5.64. The Balaban J connectivity index is 1.48. The summed E-state index contributed by atoms with van der Waals surface area (Å²) in [6, 6.07) is 17.9. The fourth-order valence-electron chi connectivity index (χ4n) is 4.65. The summed E-state index contributed by atoms with van der Waals surface area (Å²) in [4.78, 5) is 0. The smallest absolute Gasteiger partial charge is 0.0245 e. The molecular weight excluding hydrogens is 360 g/mol. The first-order valence-corrected chi connectivity index (χ1v) is 12.5. The van der Waals surface area contributed by atoms with Crippen LogP contribution >= 0.6 is 0 Å². The quantitative estimate of drug-likeness (QED) is 0.291. The van der Waals surface area contributed by atoms with E-state index < -0.39 is 0 Å². The van der Waals surface area contributed by atoms with Gasteiger partial charge < -0.3 is 0 Å². The summed E-state index contributed by atoms with van der Waals surface area (Å²) in [5, 5.41) is 0. The van der Waals surface area contributed by atoms with Crippen LogP contribution in [0, 0.1) is 23.7 Å². The zero-order valence-electron chi connectivity index (χ0n) is 19.3. The summed E-state index contributed by atoms with van der Waals surface area (Å²) in [5.41, 5.74) is 5.19. The van der Waals surface area contributed by atoms with E-state index in [0.29, 0.717) is 5.92 Å². The molecule has 1 fully saturated rings. The third kappa shape index (κ3) is 7.36. The van der Waals surface area contributed by atoms with Gasteiger partial charge in [0.05, 0.1) is 0 Å². The average Bonchev–Trinajstić information content (AvgIpc) is 2.80. The molecule has 1 aliphatic carbocycles. The lowest BCUT2D eigenvalue weighted by molar-refractivity contribution is 0.294. The lowest BCUT2D eigenvalue weighted by Gasteiger charge is -2.25. The van der Waals surface area contributed by atoms with Gasteiger partial charge in [-0.15, -0.1) is 0 Å². The SMILES string of the molecule is CCCCCc1ccc(-c2ccc(C#C[C@H]3CC[C@H](CCCCC)CC3)cc2)cc1. The lowest BCUT2D eigenvalue weighted by atomic mass is 9.80. The highest BCUT2D eigenvalue weighted by Crippen LogP contribution is 2.31. The van der Waals surface area contributed by atoms with E-state index in [-0.39, 0.29) is 0 Å². The normalized spacial score (nSPS) is 18.6. The van der Waals surface area contributed by atoms with Crippen LogP contribution in [0.3, 0.4) is 0 Å². The Bertz CT molecular complexity index is 777. The van der Waals surface area contributed by atoms with Crippen LogP contribution in [0.4, 0.5) is 0 Å². The third-order valence-corrected chi connectivity index (χ3v) is 6.72. The van der Waals surface area contributed by atoms with E-state index in [1.165, 1.54) is 93.7 Å². The fourth-order valence-corrected chi connectivity index (χ4v) is 4.65. The minimum atomic E-state index is 0.604. The van der Waals surface area contributed by atoms with Gasteiger partial charge in [0, 0.05) is 11.5 Å². The molecule has 0 bridgehead atoms. The van der Waals surface area contributed by atoms with Crippen LogP contribution in [0.2, 0.25) is 0 Å². The molecule has 0 heteroatoms. The van der Waals surface area contributed by atoms with E-state index in [0.717, 1.165) is 11.5 Å². The molecule has 30 heavy (non-hydrogen) atoms. The van der Waals surface area contributed by atoms with Gasteiger partial charge in [-0.3, -0.25) is 0 Å². The molecule has 0 unspecified atom stereocenters. The van der Waals surface area contributed by atoms with Crippen LogP contribution < -0.4 is 0 Å². The van der Waals surface area contributed by atoms with Crippen molar-refractivity contribution in [3.63, 3.8) is 0 Å². The highest BCUT2D eigenvalue weighted by atomic mass is 14.2. The number of hydrogen-bond acceptors (Lipinski definition) is 0. The summed E-state index contributed by atoms with van der Waals surface area (Å²) in [5.74, 6) is 8.58. The maximum atomic E-state index is 3.57. The van der Waals surface area contributed by atoms with E-state index >= 15 is 0 Å². The predicted molar refractivity (Wildman–Crippen MR) is 132 cm³/mol. The molecule has 0 heterocycles. The monoisotopic (exact) mass is 400 g/mol. The van der Waals surface area contributed by atoms with E-state index in [2.05, 4.69) is 74.2 Å². The second-order valence-electron chi connectivity index (χ2n) is 9.21. The second-order valence-corrected chi connectivity index (χ2v) is 9.21. The molecule has 2 aromatic carbocycles. The Kier molecular flexibility index (Phi) is 9.56. The first-order valence-electron chi connectivity index (χ1n) is 12.5. The van der Waals surface area contributed by atoms with Crippen LogP contribution in [0.25, 0.3) is 11.1 Å². The van der Waals surface area contributed by atoms with Gasteiger partial charge >= 0.3 is 0 Å². The Labute approximate surface area is 185 Å². The Morgan fingerprint density at radius 1 is 0.700 bits per heavy atom. The molecule has 3 rings (SSSR count). The van der Waals surface area contributed by atoms with E-state index in [4.69, 9.17) is 0 Å². The number of hydrogen-bond donors (Lipinski definition) is 0. The number of unbranched alkanes of at least 4 members (excludes halogenated alkanes) is 4. The molecule has 0 amide bonds. The van der Waals surface area contributed by atoms with Crippen molar-refractivity contribution in [3.05, 3.63) is 59.7 Å². The lowest BCUT2D eigenvalue weighted by Crippen LogP contribution is -2.13. The maximum Gasteiger partial charge on any atom is 0.0245 e. The summed E-state index contributed by atoms with van der Waals surface area (Å²) >= 11 is 0. The van der Waals surface area contributed by atoms with Gasteiger partial charge in [-0.2, -0.15) is 0 Å². The van der Waals surface area contributed by atoms with Crippen molar-refractivity contribution in [1.29, 1.82) is 0 Å². The summed E-state index contributed by atoms with van der Waals surface area (Å²) < 4.78 is 0. The molecule has 2 aromatic rings. The van der Waals surface area contributed by atoms with Crippen molar-refractivity contribution in [2.24, 2.45) is 11.8 Å². The summed E-state index contributed by atoms with van der Waals surface area (Å²) in [7, 11) is 0. The van der Waals surface area contributed by atoms with E-state index in [1.54, 1.807) is 0 Å². The average molecular weight is 401 g/mol. The van der Waals surface area contributed by atoms with Crippen LogP contribution in [-0.2, 0) is 6.42 Å². The molecule has 0 radical (unpaired) electrons. The number of rotatable bonds is 9. The van der Waals surface area contributed by atoms with Crippen molar-refractivity contribution in [2.45, 2.75) is 90.9 Å². The molecule has 0 spiro atoms. The first-order chi connectivity index (χ1) is 14.8. The molecule has 160 valence electrons. The Morgan fingerprint density at radius 2 is 1.30 bits per heavy atom. The molecule has 0 atom stereocenters. The molecule has 0 saturated heterocycles. The van der Waals surface area contributed by atoms with Crippen LogP contribution in [0.5, 0.6) is 0 Å². The molecule has 0 N–H and O–H groups in total. The molecule has 1 aliphatic rings. The second kappa shape index (κ2) is 12.6. The van der Waals surface area contributed by atoms with Gasteiger partial charge in [0.1, 0.15) is 0 Å². The van der Waals surface area contributed by atoms with Crippen LogP contribution in [0.1, 0.15) is 95.6 Å². The largest absolute Gasteiger partial charge is 0.0945 e. The van der Waals surface area contributed by atoms with Crippen molar-refractivity contribution in [3.8, 4) is 23.0 Å². The van der Waals surface area contributed by atoms with Gasteiger partial charge in [0.25, 0.3) is 0 Å². The topological polar surface area (TPSA) is 0 Å². The van der Waals surface area contributed by atoms with Gasteiger partial charge in [-0.1, -0.05) is 101 Å². The first kappa shape index (κ1) is 22.7. The number of aryl methyl sites for hydroxylation is 1. The Morgan fingerprint density at radius 3 is 1.93 bits per heavy atom. The molecule has 0 nitrogen and oxygen atoms in total. The van der Waals surface area contributed by atoms with Crippen LogP contribution in [-0.4, -0.2) is 0 Å². The van der Waals surface area contributed by atoms with Crippen molar-refractivity contribution in [1.82, 2.24) is 0 Å². The van der Waals surface area contributed by atoms with E-state index in [9.17, 15) is 0 Å². The zero-order valence-corrected chi connectivity index (χ0v) is 19.3. The molecule has 1 saturated carbocycles. The molecule has 0 aromatic heterocycles. The highest BCUT2D eigenvalue weighted by Gasteiger charge is 2.19. The third-order valence-electron chi connectivity index (χ3n) is 6.72. The van der Waals surface area contributed by atoms with Gasteiger partial charge in [0.15, 0.2) is 0 Å². The summed E-state index contributed by atoms with van der Waals surface area (Å²) in [6.07, 6.45) is 16.1. The van der Waals surface area contributed by atoms with Gasteiger partial charge in [0.2, 0.25) is 0 Å². The minimum absolute atomic E-state index is 0.604. The molecule has 0 aliphatic heterocycles. The zero-order chi connectivity index (χ0) is 21.0. The predicted octanol–water partition coefficient (Wildman–Crippen LogP) is 8.82. The van der Waals surface area contributed by atoms with Crippen LogP contribution in [0.15, 0.2) is 48.5 Å². The van der Waals surface area contributed by atoms with Gasteiger partial charge in [-0.25, -0.2) is 0 Å². The molecular formula is C30H40. The van der Waals surface area contributed by atoms with E-state index in [1.807, 2.05) is 0 Å².